The Balaban J connectivity index is 1.51. The molecule has 28 heavy (non-hydrogen) atoms. The number of hydrogen-bond acceptors (Lipinski definition) is 5. The third-order valence-corrected chi connectivity index (χ3v) is 6.08. The van der Waals surface area contributed by atoms with Crippen LogP contribution in [0.1, 0.15) is 43.2 Å². The molecule has 2 fully saturated rings. The smallest absolute Gasteiger partial charge is 0.226 e. The molecule has 7 nitrogen and oxygen atoms in total. The predicted octanol–water partition coefficient (Wildman–Crippen LogP) is 2.89. The van der Waals surface area contributed by atoms with Crippen LogP contribution in [0.4, 0.5) is 0 Å². The number of aromatic nitrogens is 4. The van der Waals surface area contributed by atoms with Crippen LogP contribution in [0.25, 0.3) is 16.6 Å². The summed E-state index contributed by atoms with van der Waals surface area (Å²) in [6.07, 6.45) is 5.38. The quantitative estimate of drug-likeness (QED) is 0.682. The molecule has 2 aromatic heterocycles. The van der Waals surface area contributed by atoms with E-state index in [-0.39, 0.29) is 17.9 Å². The van der Waals surface area contributed by atoms with E-state index in [9.17, 15) is 4.79 Å². The minimum absolute atomic E-state index is 0.138. The second kappa shape index (κ2) is 7.13. The largest absolute Gasteiger partial charge is 0.376 e. The van der Waals surface area contributed by atoms with Crippen LogP contribution >= 0.6 is 0 Å². The first-order chi connectivity index (χ1) is 13.7. The van der Waals surface area contributed by atoms with Crippen LogP contribution in [-0.4, -0.2) is 50.1 Å². The van der Waals surface area contributed by atoms with Crippen LogP contribution in [-0.2, 0) is 16.1 Å². The van der Waals surface area contributed by atoms with E-state index in [1.807, 2.05) is 4.90 Å². The van der Waals surface area contributed by atoms with Crippen molar-refractivity contribution < 1.29 is 9.53 Å². The lowest BCUT2D eigenvalue weighted by atomic mass is 9.84. The molecule has 2 aliphatic rings. The SMILES string of the molecule is Cc1ccc2cc(CN(C[C@H]3CCCO3)C(=O)C3CCC3)c3nnnn3c2c1. The van der Waals surface area contributed by atoms with Crippen LogP contribution < -0.4 is 0 Å². The van der Waals surface area contributed by atoms with Gasteiger partial charge in [-0.1, -0.05) is 18.6 Å². The molecule has 0 unspecified atom stereocenters. The summed E-state index contributed by atoms with van der Waals surface area (Å²) in [4.78, 5) is 15.1. The van der Waals surface area contributed by atoms with Crippen molar-refractivity contribution in [2.45, 2.75) is 51.7 Å². The van der Waals surface area contributed by atoms with Crippen LogP contribution in [0.15, 0.2) is 24.3 Å². The molecular weight excluding hydrogens is 354 g/mol. The van der Waals surface area contributed by atoms with Gasteiger partial charge in [0, 0.05) is 36.6 Å². The van der Waals surface area contributed by atoms with E-state index in [0.717, 1.165) is 66.4 Å². The van der Waals surface area contributed by atoms with Crippen molar-refractivity contribution in [2.75, 3.05) is 13.2 Å². The molecule has 3 heterocycles. The normalized spacial score (nSPS) is 20.0. The number of amides is 1. The number of aryl methyl sites for hydroxylation is 1. The van der Waals surface area contributed by atoms with E-state index in [1.54, 1.807) is 4.52 Å². The highest BCUT2D eigenvalue weighted by molar-refractivity contribution is 5.84. The Labute approximate surface area is 163 Å². The molecule has 146 valence electrons. The van der Waals surface area contributed by atoms with E-state index < -0.39 is 0 Å². The third kappa shape index (κ3) is 3.13. The summed E-state index contributed by atoms with van der Waals surface area (Å²) in [7, 11) is 0. The van der Waals surface area contributed by atoms with Gasteiger partial charge in [-0.15, -0.1) is 5.10 Å². The van der Waals surface area contributed by atoms with Crippen molar-refractivity contribution in [3.05, 3.63) is 35.4 Å². The first-order valence-corrected chi connectivity index (χ1v) is 10.2. The van der Waals surface area contributed by atoms with Gasteiger partial charge >= 0.3 is 0 Å². The van der Waals surface area contributed by atoms with Crippen molar-refractivity contribution >= 4 is 22.5 Å². The summed E-state index contributed by atoms with van der Waals surface area (Å²) < 4.78 is 7.61. The van der Waals surface area contributed by atoms with Gasteiger partial charge < -0.3 is 9.64 Å². The van der Waals surface area contributed by atoms with E-state index in [4.69, 9.17) is 4.74 Å². The summed E-state index contributed by atoms with van der Waals surface area (Å²) in [6, 6.07) is 8.39. The molecule has 0 N–H and O–H groups in total. The number of carbonyl (C=O) groups excluding carboxylic acids is 1. The predicted molar refractivity (Wildman–Crippen MR) is 105 cm³/mol. The molecule has 0 spiro atoms. The van der Waals surface area contributed by atoms with Crippen LogP contribution in [0.5, 0.6) is 0 Å². The lowest BCUT2D eigenvalue weighted by Gasteiger charge is -2.33. The second-order valence-electron chi connectivity index (χ2n) is 8.13. The van der Waals surface area contributed by atoms with E-state index in [2.05, 4.69) is 46.7 Å². The highest BCUT2D eigenvalue weighted by Crippen LogP contribution is 2.30. The topological polar surface area (TPSA) is 72.6 Å². The first kappa shape index (κ1) is 17.6. The number of fused-ring (bicyclic) bond motifs is 3. The van der Waals surface area contributed by atoms with E-state index in [0.29, 0.717) is 13.1 Å². The molecule has 1 aromatic carbocycles. The maximum atomic E-state index is 13.1. The van der Waals surface area contributed by atoms with Crippen molar-refractivity contribution in [3.63, 3.8) is 0 Å². The summed E-state index contributed by atoms with van der Waals surface area (Å²) >= 11 is 0. The third-order valence-electron chi connectivity index (χ3n) is 6.08. The fraction of sp³-hybridized carbons (Fsp3) is 0.524. The number of pyridine rings is 1. The van der Waals surface area contributed by atoms with E-state index in [1.165, 1.54) is 0 Å². The number of benzene rings is 1. The Bertz CT molecular complexity index is 1020. The number of tetrazole rings is 1. The molecule has 1 saturated carbocycles. The average molecular weight is 379 g/mol. The Morgan fingerprint density at radius 1 is 1.25 bits per heavy atom. The number of ether oxygens (including phenoxy) is 1. The fourth-order valence-corrected chi connectivity index (χ4v) is 4.26. The van der Waals surface area contributed by atoms with Gasteiger partial charge in [0.2, 0.25) is 5.91 Å². The van der Waals surface area contributed by atoms with Gasteiger partial charge in [0.15, 0.2) is 5.65 Å². The summed E-state index contributed by atoms with van der Waals surface area (Å²) in [5.41, 5.74) is 3.85. The molecule has 1 aliphatic heterocycles. The Hall–Kier alpha value is -2.54. The summed E-state index contributed by atoms with van der Waals surface area (Å²) in [6.45, 7) is 4.02. The molecule has 3 aromatic rings. The lowest BCUT2D eigenvalue weighted by molar-refractivity contribution is -0.140. The zero-order chi connectivity index (χ0) is 19.1. The molecule has 0 bridgehead atoms. The van der Waals surface area contributed by atoms with Crippen LogP contribution in [0.3, 0.4) is 0 Å². The van der Waals surface area contributed by atoms with Gasteiger partial charge in [-0.2, -0.15) is 4.52 Å². The monoisotopic (exact) mass is 379 g/mol. The Morgan fingerprint density at radius 2 is 2.14 bits per heavy atom. The standard InChI is InChI=1S/C21H25N5O2/c1-14-7-8-16-11-17(20-22-23-24-26(20)19(16)10-14)12-25(13-18-6-3-9-28-18)21(27)15-4-2-5-15/h7-8,10-11,15,18H,2-6,9,12-13H2,1H3/t18-/m1/s1. The van der Waals surface area contributed by atoms with E-state index >= 15 is 0 Å². The van der Waals surface area contributed by atoms with Crippen molar-refractivity contribution in [2.24, 2.45) is 5.92 Å². The molecular formula is C21H25N5O2. The minimum atomic E-state index is 0.138. The molecule has 5 rings (SSSR count). The Kier molecular flexibility index (Phi) is 4.47. The summed E-state index contributed by atoms with van der Waals surface area (Å²) in [5.74, 6) is 0.410. The Morgan fingerprint density at radius 3 is 2.89 bits per heavy atom. The highest BCUT2D eigenvalue weighted by atomic mass is 16.5. The zero-order valence-electron chi connectivity index (χ0n) is 16.2. The molecule has 1 aliphatic carbocycles. The lowest BCUT2D eigenvalue weighted by Crippen LogP contribution is -2.42. The van der Waals surface area contributed by atoms with Crippen molar-refractivity contribution in [1.82, 2.24) is 24.9 Å². The van der Waals surface area contributed by atoms with Crippen molar-refractivity contribution in [3.8, 4) is 0 Å². The number of hydrogen-bond donors (Lipinski definition) is 0. The maximum Gasteiger partial charge on any atom is 0.226 e. The molecule has 1 atom stereocenters. The molecule has 1 amide bonds. The van der Waals surface area contributed by atoms with Crippen LogP contribution in [0, 0.1) is 12.8 Å². The van der Waals surface area contributed by atoms with Gasteiger partial charge in [-0.05, 0) is 60.7 Å². The average Bonchev–Trinajstić information content (AvgIpc) is 3.32. The fourth-order valence-electron chi connectivity index (χ4n) is 4.26. The van der Waals surface area contributed by atoms with Gasteiger partial charge in [-0.3, -0.25) is 4.79 Å². The highest BCUT2D eigenvalue weighted by Gasteiger charge is 2.32. The van der Waals surface area contributed by atoms with Gasteiger partial charge in [0.25, 0.3) is 0 Å². The second-order valence-corrected chi connectivity index (χ2v) is 8.13. The minimum Gasteiger partial charge on any atom is -0.376 e. The van der Waals surface area contributed by atoms with Crippen molar-refractivity contribution in [1.29, 1.82) is 0 Å². The van der Waals surface area contributed by atoms with Gasteiger partial charge in [0.05, 0.1) is 11.6 Å². The number of rotatable bonds is 5. The van der Waals surface area contributed by atoms with Gasteiger partial charge in [0.1, 0.15) is 0 Å². The molecule has 7 heteroatoms. The summed E-state index contributed by atoms with van der Waals surface area (Å²) in [5, 5.41) is 13.4. The maximum absolute atomic E-state index is 13.1. The molecule has 0 radical (unpaired) electrons. The van der Waals surface area contributed by atoms with Crippen LogP contribution in [0.2, 0.25) is 0 Å². The number of carbonyl (C=O) groups is 1. The zero-order valence-corrected chi connectivity index (χ0v) is 16.2. The first-order valence-electron chi connectivity index (χ1n) is 10.2. The molecule has 1 saturated heterocycles. The van der Waals surface area contributed by atoms with Gasteiger partial charge in [-0.25, -0.2) is 0 Å². The number of nitrogens with zero attached hydrogens (tertiary/aromatic N) is 5.